The van der Waals surface area contributed by atoms with Gasteiger partial charge in [-0.25, -0.2) is 4.98 Å². The molecule has 0 saturated heterocycles. The van der Waals surface area contributed by atoms with Crippen molar-refractivity contribution in [2.75, 3.05) is 35.5 Å². The minimum atomic E-state index is 0.446. The van der Waals surface area contributed by atoms with Crippen LogP contribution in [0.25, 0.3) is 33.7 Å². The molecule has 0 amide bonds. The van der Waals surface area contributed by atoms with E-state index in [0.717, 1.165) is 16.6 Å². The molecule has 4 aromatic rings. The third-order valence-electron chi connectivity index (χ3n) is 5.04. The molecule has 0 aliphatic heterocycles. The Labute approximate surface area is 180 Å². The minimum absolute atomic E-state index is 0.446. The average molecular weight is 421 g/mol. The van der Waals surface area contributed by atoms with Gasteiger partial charge in [0.1, 0.15) is 17.0 Å². The normalized spacial score (nSPS) is 10.7. The Kier molecular flexibility index (Phi) is 5.58. The van der Waals surface area contributed by atoms with Crippen molar-refractivity contribution < 1.29 is 28.1 Å². The van der Waals surface area contributed by atoms with Crippen molar-refractivity contribution in [2.45, 2.75) is 0 Å². The van der Waals surface area contributed by atoms with Gasteiger partial charge in [0.25, 0.3) is 0 Å². The molecule has 0 radical (unpaired) electrons. The van der Waals surface area contributed by atoms with E-state index in [9.17, 15) is 0 Å². The maximum atomic E-state index is 6.09. The van der Waals surface area contributed by atoms with Crippen molar-refractivity contribution in [3.63, 3.8) is 0 Å². The fraction of sp³-hybridized carbons (Fsp3) is 0.208. The maximum absolute atomic E-state index is 6.09. The largest absolute Gasteiger partial charge is 0.497 e. The number of ether oxygens (including phenoxy) is 5. The molecule has 1 aromatic heterocycles. The van der Waals surface area contributed by atoms with Crippen LogP contribution in [-0.2, 0) is 0 Å². The van der Waals surface area contributed by atoms with E-state index >= 15 is 0 Å². The minimum Gasteiger partial charge on any atom is -0.497 e. The summed E-state index contributed by atoms with van der Waals surface area (Å²) in [5, 5.41) is 0. The number of hydrogen-bond acceptors (Lipinski definition) is 7. The highest BCUT2D eigenvalue weighted by Crippen LogP contribution is 2.45. The molecule has 0 spiro atoms. The van der Waals surface area contributed by atoms with Crippen molar-refractivity contribution in [1.82, 2.24) is 4.98 Å². The summed E-state index contributed by atoms with van der Waals surface area (Å²) in [7, 11) is 7.99. The first-order chi connectivity index (χ1) is 15.1. The standard InChI is InChI=1S/C24H23NO6/c1-26-15-7-10-19(27-2)17(13-15)24-25-18-9-6-14(12-21(18)31-24)16-8-11-20(28-3)23(30-5)22(16)29-4/h6-13H,1-5H3. The molecular weight excluding hydrogens is 398 g/mol. The summed E-state index contributed by atoms with van der Waals surface area (Å²) in [6.07, 6.45) is 0. The number of benzene rings is 3. The van der Waals surface area contributed by atoms with E-state index in [1.54, 1.807) is 35.5 Å². The lowest BCUT2D eigenvalue weighted by molar-refractivity contribution is 0.325. The number of rotatable bonds is 7. The van der Waals surface area contributed by atoms with Crippen LogP contribution in [0.3, 0.4) is 0 Å². The maximum Gasteiger partial charge on any atom is 0.231 e. The van der Waals surface area contributed by atoms with E-state index in [2.05, 4.69) is 4.98 Å². The summed E-state index contributed by atoms with van der Waals surface area (Å²) >= 11 is 0. The molecule has 4 rings (SSSR count). The second kappa shape index (κ2) is 8.47. The van der Waals surface area contributed by atoms with Crippen LogP contribution in [0.2, 0.25) is 0 Å². The molecule has 0 atom stereocenters. The third-order valence-corrected chi connectivity index (χ3v) is 5.04. The predicted octanol–water partition coefficient (Wildman–Crippen LogP) is 5.20. The zero-order valence-electron chi connectivity index (χ0n) is 18.0. The zero-order chi connectivity index (χ0) is 22.0. The smallest absolute Gasteiger partial charge is 0.231 e. The van der Waals surface area contributed by atoms with E-state index in [4.69, 9.17) is 28.1 Å². The molecule has 0 fully saturated rings. The molecule has 0 aliphatic carbocycles. The summed E-state index contributed by atoms with van der Waals surface area (Å²) in [5.41, 5.74) is 3.81. The van der Waals surface area contributed by atoms with Gasteiger partial charge < -0.3 is 28.1 Å². The Morgan fingerprint density at radius 3 is 2.06 bits per heavy atom. The van der Waals surface area contributed by atoms with E-state index in [-0.39, 0.29) is 0 Å². The van der Waals surface area contributed by atoms with Gasteiger partial charge in [-0.3, -0.25) is 0 Å². The summed E-state index contributed by atoms with van der Waals surface area (Å²) in [5.74, 6) is 3.48. The van der Waals surface area contributed by atoms with Gasteiger partial charge in [0.2, 0.25) is 11.6 Å². The van der Waals surface area contributed by atoms with Crippen molar-refractivity contribution in [3.05, 3.63) is 48.5 Å². The second-order valence-corrected chi connectivity index (χ2v) is 6.65. The first kappa shape index (κ1) is 20.4. The van der Waals surface area contributed by atoms with Crippen molar-refractivity contribution >= 4 is 11.1 Å². The summed E-state index contributed by atoms with van der Waals surface area (Å²) in [6.45, 7) is 0. The molecule has 0 bridgehead atoms. The molecule has 0 unspecified atom stereocenters. The van der Waals surface area contributed by atoms with Gasteiger partial charge in [-0.2, -0.15) is 0 Å². The summed E-state index contributed by atoms with van der Waals surface area (Å²) < 4.78 is 33.4. The van der Waals surface area contributed by atoms with Gasteiger partial charge >= 0.3 is 0 Å². The zero-order valence-corrected chi connectivity index (χ0v) is 18.0. The molecule has 1 heterocycles. The van der Waals surface area contributed by atoms with Crippen LogP contribution in [0, 0.1) is 0 Å². The molecule has 3 aromatic carbocycles. The quantitative estimate of drug-likeness (QED) is 0.406. The fourth-order valence-corrected chi connectivity index (χ4v) is 3.52. The van der Waals surface area contributed by atoms with Crippen LogP contribution in [0.15, 0.2) is 52.9 Å². The third kappa shape index (κ3) is 3.59. The lowest BCUT2D eigenvalue weighted by atomic mass is 10.0. The Morgan fingerprint density at radius 2 is 1.39 bits per heavy atom. The van der Waals surface area contributed by atoms with Crippen molar-refractivity contribution in [3.8, 4) is 51.3 Å². The van der Waals surface area contributed by atoms with Crippen LogP contribution in [0.4, 0.5) is 0 Å². The van der Waals surface area contributed by atoms with E-state index in [1.165, 1.54) is 0 Å². The molecule has 0 aliphatic rings. The monoisotopic (exact) mass is 421 g/mol. The average Bonchev–Trinajstić information content (AvgIpc) is 3.25. The predicted molar refractivity (Wildman–Crippen MR) is 118 cm³/mol. The van der Waals surface area contributed by atoms with Gasteiger partial charge in [-0.1, -0.05) is 6.07 Å². The van der Waals surface area contributed by atoms with Crippen LogP contribution in [0.5, 0.6) is 28.7 Å². The highest BCUT2D eigenvalue weighted by Gasteiger charge is 2.19. The van der Waals surface area contributed by atoms with Gasteiger partial charge in [0.15, 0.2) is 17.1 Å². The van der Waals surface area contributed by atoms with E-state index in [0.29, 0.717) is 45.8 Å². The Hall–Kier alpha value is -3.87. The van der Waals surface area contributed by atoms with Crippen LogP contribution in [-0.4, -0.2) is 40.5 Å². The lowest BCUT2D eigenvalue weighted by Gasteiger charge is -2.15. The van der Waals surface area contributed by atoms with Gasteiger partial charge in [0, 0.05) is 5.56 Å². The van der Waals surface area contributed by atoms with Gasteiger partial charge in [0.05, 0.1) is 41.1 Å². The number of methoxy groups -OCH3 is 5. The number of nitrogens with zero attached hydrogens (tertiary/aromatic N) is 1. The molecule has 0 saturated carbocycles. The van der Waals surface area contributed by atoms with Gasteiger partial charge in [-0.05, 0) is 48.0 Å². The Morgan fingerprint density at radius 1 is 0.645 bits per heavy atom. The molecule has 7 nitrogen and oxygen atoms in total. The molecule has 0 N–H and O–H groups in total. The number of fused-ring (bicyclic) bond motifs is 1. The Balaban J connectivity index is 1.83. The molecular formula is C24H23NO6. The van der Waals surface area contributed by atoms with Crippen molar-refractivity contribution in [1.29, 1.82) is 0 Å². The Bertz CT molecular complexity index is 1230. The highest BCUT2D eigenvalue weighted by atomic mass is 16.5. The van der Waals surface area contributed by atoms with Crippen LogP contribution < -0.4 is 23.7 Å². The molecule has 31 heavy (non-hydrogen) atoms. The van der Waals surface area contributed by atoms with Crippen molar-refractivity contribution in [2.24, 2.45) is 0 Å². The SMILES string of the molecule is COc1ccc(OC)c(-c2nc3ccc(-c4ccc(OC)c(OC)c4OC)cc3o2)c1. The fourth-order valence-electron chi connectivity index (χ4n) is 3.52. The first-order valence-corrected chi connectivity index (χ1v) is 9.55. The second-order valence-electron chi connectivity index (χ2n) is 6.65. The van der Waals surface area contributed by atoms with Crippen LogP contribution >= 0.6 is 0 Å². The van der Waals surface area contributed by atoms with E-state index < -0.39 is 0 Å². The van der Waals surface area contributed by atoms with Gasteiger partial charge in [-0.15, -0.1) is 0 Å². The first-order valence-electron chi connectivity index (χ1n) is 9.55. The number of aromatic nitrogens is 1. The number of oxazole rings is 1. The highest BCUT2D eigenvalue weighted by molar-refractivity contribution is 5.85. The topological polar surface area (TPSA) is 72.2 Å². The van der Waals surface area contributed by atoms with Crippen LogP contribution in [0.1, 0.15) is 0 Å². The molecule has 160 valence electrons. The van der Waals surface area contributed by atoms with E-state index in [1.807, 2.05) is 48.5 Å². The molecule has 7 heteroatoms. The summed E-state index contributed by atoms with van der Waals surface area (Å²) in [4.78, 5) is 4.63. The summed E-state index contributed by atoms with van der Waals surface area (Å²) in [6, 6.07) is 15.0. The number of hydrogen-bond donors (Lipinski definition) is 0. The lowest BCUT2D eigenvalue weighted by Crippen LogP contribution is -1.96.